The molecule has 1 aromatic carbocycles. The Bertz CT molecular complexity index is 571. The van der Waals surface area contributed by atoms with Crippen LogP contribution in [0.25, 0.3) is 0 Å². The lowest BCUT2D eigenvalue weighted by molar-refractivity contribution is 0.259. The third-order valence-electron chi connectivity index (χ3n) is 4.45. The minimum Gasteiger partial charge on any atom is -0.492 e. The van der Waals surface area contributed by atoms with E-state index in [-0.39, 0.29) is 0 Å². The van der Waals surface area contributed by atoms with Gasteiger partial charge in [-0.05, 0) is 52.6 Å². The van der Waals surface area contributed by atoms with Gasteiger partial charge in [0.25, 0.3) is 0 Å². The molecule has 0 radical (unpaired) electrons. The second-order valence-electron chi connectivity index (χ2n) is 7.21. The van der Waals surface area contributed by atoms with E-state index in [0.29, 0.717) is 17.9 Å². The van der Waals surface area contributed by atoms with E-state index in [2.05, 4.69) is 61.3 Å². The molecule has 0 saturated carbocycles. The Balaban J connectivity index is 1.95. The Kier molecular flexibility index (Phi) is 8.59. The van der Waals surface area contributed by atoms with E-state index >= 15 is 0 Å². The molecule has 1 aliphatic rings. The summed E-state index contributed by atoms with van der Waals surface area (Å²) in [5.41, 5.74) is 1.12. The van der Waals surface area contributed by atoms with Crippen molar-refractivity contribution in [1.29, 1.82) is 0 Å². The lowest BCUT2D eigenvalue weighted by atomic mass is 10.1. The molecule has 1 fully saturated rings. The summed E-state index contributed by atoms with van der Waals surface area (Å²) >= 11 is 2.06. The number of ether oxygens (including phenoxy) is 1. The normalized spacial score (nSPS) is 20.4. The Hall–Kier alpha value is -1.40. The number of nitrogens with zero attached hydrogens (tertiary/aromatic N) is 2. The maximum Gasteiger partial charge on any atom is 0.191 e. The van der Waals surface area contributed by atoms with Gasteiger partial charge in [-0.25, -0.2) is 4.99 Å². The highest BCUT2D eigenvalue weighted by Crippen LogP contribution is 2.36. The van der Waals surface area contributed by atoms with Gasteiger partial charge in [0.05, 0.1) is 6.54 Å². The summed E-state index contributed by atoms with van der Waals surface area (Å²) in [7, 11) is 4.11. The first-order chi connectivity index (χ1) is 12.5. The molecule has 2 N–H and O–H groups in total. The number of hydrogen-bond acceptors (Lipinski definition) is 4. The van der Waals surface area contributed by atoms with E-state index in [1.807, 2.05) is 18.2 Å². The number of aliphatic imine (C=N–C) groups is 1. The van der Waals surface area contributed by atoms with Crippen LogP contribution in [0.4, 0.5) is 0 Å². The van der Waals surface area contributed by atoms with E-state index in [1.54, 1.807) is 0 Å². The second kappa shape index (κ2) is 10.7. The number of rotatable bonds is 9. The highest BCUT2D eigenvalue weighted by molar-refractivity contribution is 8.00. The van der Waals surface area contributed by atoms with Crippen molar-refractivity contribution in [2.24, 2.45) is 4.99 Å². The SMILES string of the molecule is CCNC(=NCc1ccccc1OCCN(C)C)NCC1(C)CCCS1. The quantitative estimate of drug-likeness (QED) is 0.511. The summed E-state index contributed by atoms with van der Waals surface area (Å²) in [6.45, 7) is 8.44. The van der Waals surface area contributed by atoms with E-state index in [0.717, 1.165) is 36.9 Å². The van der Waals surface area contributed by atoms with Crippen molar-refractivity contribution in [3.63, 3.8) is 0 Å². The number of para-hydroxylation sites is 1. The Morgan fingerprint density at radius 2 is 2.12 bits per heavy atom. The standard InChI is InChI=1S/C20H34N4OS/c1-5-21-19(23-16-20(2)11-8-14-26-20)22-15-17-9-6-7-10-18(17)25-13-12-24(3)4/h6-7,9-10H,5,8,11-16H2,1-4H3,(H2,21,22,23). The van der Waals surface area contributed by atoms with Crippen LogP contribution < -0.4 is 15.4 Å². The Morgan fingerprint density at radius 1 is 1.31 bits per heavy atom. The number of benzene rings is 1. The van der Waals surface area contributed by atoms with Crippen LogP contribution in [-0.4, -0.2) is 61.7 Å². The minimum absolute atomic E-state index is 0.323. The van der Waals surface area contributed by atoms with Gasteiger partial charge in [-0.15, -0.1) is 0 Å². The van der Waals surface area contributed by atoms with Crippen molar-refractivity contribution in [3.05, 3.63) is 29.8 Å². The van der Waals surface area contributed by atoms with Gasteiger partial charge in [0.2, 0.25) is 0 Å². The zero-order chi connectivity index (χ0) is 18.8. The summed E-state index contributed by atoms with van der Waals surface area (Å²) in [4.78, 5) is 6.89. The Morgan fingerprint density at radius 3 is 2.81 bits per heavy atom. The molecule has 1 atom stereocenters. The molecule has 1 unspecified atom stereocenters. The van der Waals surface area contributed by atoms with Crippen molar-refractivity contribution in [2.75, 3.05) is 46.1 Å². The van der Waals surface area contributed by atoms with Gasteiger partial charge in [0.15, 0.2) is 5.96 Å². The fourth-order valence-corrected chi connectivity index (χ4v) is 4.11. The van der Waals surface area contributed by atoms with Gasteiger partial charge in [-0.2, -0.15) is 11.8 Å². The zero-order valence-electron chi connectivity index (χ0n) is 16.7. The monoisotopic (exact) mass is 378 g/mol. The van der Waals surface area contributed by atoms with Crippen LogP contribution in [0.1, 0.15) is 32.3 Å². The fourth-order valence-electron chi connectivity index (χ4n) is 2.87. The van der Waals surface area contributed by atoms with Crippen molar-refractivity contribution in [2.45, 2.75) is 38.0 Å². The van der Waals surface area contributed by atoms with Gasteiger partial charge in [0, 0.05) is 29.9 Å². The third kappa shape index (κ3) is 7.08. The van der Waals surface area contributed by atoms with E-state index in [1.165, 1.54) is 18.6 Å². The Labute approximate surface area is 163 Å². The van der Waals surface area contributed by atoms with Crippen LogP contribution in [0.2, 0.25) is 0 Å². The minimum atomic E-state index is 0.323. The first-order valence-electron chi connectivity index (χ1n) is 9.54. The van der Waals surface area contributed by atoms with E-state index in [4.69, 9.17) is 9.73 Å². The number of hydrogen-bond donors (Lipinski definition) is 2. The maximum absolute atomic E-state index is 5.94. The molecule has 0 spiro atoms. The van der Waals surface area contributed by atoms with Crippen LogP contribution >= 0.6 is 11.8 Å². The van der Waals surface area contributed by atoms with Crippen LogP contribution in [0, 0.1) is 0 Å². The molecular formula is C20H34N4OS. The summed E-state index contributed by atoms with van der Waals surface area (Å²) in [6, 6.07) is 8.17. The maximum atomic E-state index is 5.94. The molecule has 0 amide bonds. The molecule has 1 aliphatic heterocycles. The molecule has 1 heterocycles. The van der Waals surface area contributed by atoms with Gasteiger partial charge >= 0.3 is 0 Å². The molecule has 26 heavy (non-hydrogen) atoms. The molecule has 5 nitrogen and oxygen atoms in total. The summed E-state index contributed by atoms with van der Waals surface area (Å²) < 4.78 is 6.27. The van der Waals surface area contributed by atoms with Crippen molar-refractivity contribution in [1.82, 2.24) is 15.5 Å². The lowest BCUT2D eigenvalue weighted by Gasteiger charge is -2.24. The summed E-state index contributed by atoms with van der Waals surface area (Å²) in [6.07, 6.45) is 2.58. The highest BCUT2D eigenvalue weighted by atomic mass is 32.2. The number of guanidine groups is 1. The summed E-state index contributed by atoms with van der Waals surface area (Å²) in [5.74, 6) is 3.07. The predicted octanol–water partition coefficient (Wildman–Crippen LogP) is 2.97. The number of nitrogens with one attached hydrogen (secondary N) is 2. The lowest BCUT2D eigenvalue weighted by Crippen LogP contribution is -2.43. The van der Waals surface area contributed by atoms with Gasteiger partial charge in [0.1, 0.15) is 12.4 Å². The summed E-state index contributed by atoms with van der Waals surface area (Å²) in [5, 5.41) is 6.88. The molecule has 146 valence electrons. The molecule has 1 aromatic rings. The zero-order valence-corrected chi connectivity index (χ0v) is 17.5. The van der Waals surface area contributed by atoms with Gasteiger partial charge in [-0.1, -0.05) is 18.2 Å². The molecule has 6 heteroatoms. The van der Waals surface area contributed by atoms with Gasteiger partial charge < -0.3 is 20.3 Å². The van der Waals surface area contributed by atoms with Gasteiger partial charge in [-0.3, -0.25) is 0 Å². The largest absolute Gasteiger partial charge is 0.492 e. The van der Waals surface area contributed by atoms with Crippen LogP contribution in [0.3, 0.4) is 0 Å². The van der Waals surface area contributed by atoms with Crippen LogP contribution in [0.5, 0.6) is 5.75 Å². The number of thioether (sulfide) groups is 1. The topological polar surface area (TPSA) is 48.9 Å². The molecule has 2 rings (SSSR count). The molecule has 1 saturated heterocycles. The van der Waals surface area contributed by atoms with E-state index in [9.17, 15) is 0 Å². The fraction of sp³-hybridized carbons (Fsp3) is 0.650. The average Bonchev–Trinajstić information content (AvgIpc) is 3.05. The smallest absolute Gasteiger partial charge is 0.191 e. The van der Waals surface area contributed by atoms with Crippen LogP contribution in [-0.2, 0) is 6.54 Å². The van der Waals surface area contributed by atoms with Crippen molar-refractivity contribution in [3.8, 4) is 5.75 Å². The van der Waals surface area contributed by atoms with Crippen molar-refractivity contribution < 1.29 is 4.74 Å². The molecule has 0 bridgehead atoms. The van der Waals surface area contributed by atoms with E-state index < -0.39 is 0 Å². The molecule has 0 aromatic heterocycles. The third-order valence-corrected chi connectivity index (χ3v) is 5.99. The molecular weight excluding hydrogens is 344 g/mol. The van der Waals surface area contributed by atoms with Crippen LogP contribution in [0.15, 0.2) is 29.3 Å². The average molecular weight is 379 g/mol. The first-order valence-corrected chi connectivity index (χ1v) is 10.5. The predicted molar refractivity (Wildman–Crippen MR) is 113 cm³/mol. The van der Waals surface area contributed by atoms with Crippen molar-refractivity contribution >= 4 is 17.7 Å². The highest BCUT2D eigenvalue weighted by Gasteiger charge is 2.29. The second-order valence-corrected chi connectivity index (χ2v) is 8.89. The first kappa shape index (κ1) is 20.9. The number of likely N-dealkylation sites (N-methyl/N-ethyl adjacent to an activating group) is 1. The molecule has 0 aliphatic carbocycles.